The van der Waals surface area contributed by atoms with Gasteiger partial charge in [0.15, 0.2) is 11.5 Å². The van der Waals surface area contributed by atoms with Crippen molar-refractivity contribution in [2.45, 2.75) is 20.0 Å². The summed E-state index contributed by atoms with van der Waals surface area (Å²) < 4.78 is 16.5. The molecule has 21 heavy (non-hydrogen) atoms. The van der Waals surface area contributed by atoms with Gasteiger partial charge in [-0.05, 0) is 49.2 Å². The SMILES string of the molecule is Cc1cc(C)cc(OC(=O)[C@H]2COc3ccccc3O2)c1. The topological polar surface area (TPSA) is 44.8 Å². The molecule has 1 aliphatic rings. The van der Waals surface area contributed by atoms with Gasteiger partial charge in [-0.2, -0.15) is 0 Å². The number of benzene rings is 2. The Morgan fingerprint density at radius 3 is 2.48 bits per heavy atom. The number of ether oxygens (including phenoxy) is 3. The highest BCUT2D eigenvalue weighted by Crippen LogP contribution is 2.31. The molecule has 1 atom stereocenters. The molecule has 0 amide bonds. The molecule has 108 valence electrons. The Bertz CT molecular complexity index is 658. The molecule has 0 fully saturated rings. The van der Waals surface area contributed by atoms with Crippen LogP contribution in [-0.2, 0) is 4.79 Å². The van der Waals surface area contributed by atoms with Gasteiger partial charge in [0.1, 0.15) is 12.4 Å². The van der Waals surface area contributed by atoms with E-state index in [0.29, 0.717) is 17.2 Å². The maximum absolute atomic E-state index is 12.2. The van der Waals surface area contributed by atoms with Crippen molar-refractivity contribution < 1.29 is 19.0 Å². The minimum atomic E-state index is -0.749. The number of esters is 1. The minimum Gasteiger partial charge on any atom is -0.485 e. The molecule has 1 heterocycles. The summed E-state index contributed by atoms with van der Waals surface area (Å²) in [7, 11) is 0. The number of carbonyl (C=O) groups is 1. The summed E-state index contributed by atoms with van der Waals surface area (Å²) in [4.78, 5) is 12.2. The molecule has 0 radical (unpaired) electrons. The van der Waals surface area contributed by atoms with Crippen LogP contribution in [-0.4, -0.2) is 18.7 Å². The lowest BCUT2D eigenvalue weighted by molar-refractivity contribution is -0.144. The molecule has 0 saturated heterocycles. The second-order valence-electron chi connectivity index (χ2n) is 5.11. The Morgan fingerprint density at radius 2 is 1.76 bits per heavy atom. The fourth-order valence-electron chi connectivity index (χ4n) is 2.31. The third-order valence-electron chi connectivity index (χ3n) is 3.19. The molecule has 2 aromatic rings. The van der Waals surface area contributed by atoms with Gasteiger partial charge in [-0.15, -0.1) is 0 Å². The van der Waals surface area contributed by atoms with Crippen LogP contribution in [0.2, 0.25) is 0 Å². The molecule has 0 bridgehead atoms. The number of hydrogen-bond donors (Lipinski definition) is 0. The first-order valence-electron chi connectivity index (χ1n) is 6.80. The van der Waals surface area contributed by atoms with E-state index in [2.05, 4.69) is 0 Å². The number of carbonyl (C=O) groups excluding carboxylic acids is 1. The fourth-order valence-corrected chi connectivity index (χ4v) is 2.31. The molecule has 0 unspecified atom stereocenters. The van der Waals surface area contributed by atoms with Gasteiger partial charge in [-0.1, -0.05) is 18.2 Å². The van der Waals surface area contributed by atoms with Crippen molar-refractivity contribution in [3.63, 3.8) is 0 Å². The maximum atomic E-state index is 12.2. The third kappa shape index (κ3) is 2.99. The Kier molecular flexibility index (Phi) is 3.52. The van der Waals surface area contributed by atoms with Crippen LogP contribution in [0, 0.1) is 13.8 Å². The van der Waals surface area contributed by atoms with Gasteiger partial charge in [0.2, 0.25) is 6.10 Å². The van der Waals surface area contributed by atoms with E-state index in [0.717, 1.165) is 11.1 Å². The largest absolute Gasteiger partial charge is 0.485 e. The number of fused-ring (bicyclic) bond motifs is 1. The van der Waals surface area contributed by atoms with Crippen molar-refractivity contribution in [2.24, 2.45) is 0 Å². The highest BCUT2D eigenvalue weighted by Gasteiger charge is 2.29. The van der Waals surface area contributed by atoms with E-state index in [1.165, 1.54) is 0 Å². The molecular formula is C17H16O4. The van der Waals surface area contributed by atoms with Crippen molar-refractivity contribution in [1.29, 1.82) is 0 Å². The lowest BCUT2D eigenvalue weighted by Gasteiger charge is -2.24. The molecule has 2 aromatic carbocycles. The zero-order valence-electron chi connectivity index (χ0n) is 12.0. The first-order valence-corrected chi connectivity index (χ1v) is 6.80. The molecular weight excluding hydrogens is 268 g/mol. The van der Waals surface area contributed by atoms with Gasteiger partial charge < -0.3 is 14.2 Å². The lowest BCUT2D eigenvalue weighted by Crippen LogP contribution is -2.39. The van der Waals surface area contributed by atoms with Crippen LogP contribution in [0.1, 0.15) is 11.1 Å². The van der Waals surface area contributed by atoms with Crippen molar-refractivity contribution in [2.75, 3.05) is 6.61 Å². The summed E-state index contributed by atoms with van der Waals surface area (Å²) in [5, 5.41) is 0. The molecule has 0 aromatic heterocycles. The van der Waals surface area contributed by atoms with Crippen LogP contribution in [0.5, 0.6) is 17.2 Å². The van der Waals surface area contributed by atoms with Crippen molar-refractivity contribution >= 4 is 5.97 Å². The third-order valence-corrected chi connectivity index (χ3v) is 3.19. The van der Waals surface area contributed by atoms with Gasteiger partial charge in [-0.3, -0.25) is 0 Å². The number of aryl methyl sites for hydroxylation is 2. The predicted octanol–water partition coefficient (Wildman–Crippen LogP) is 3.05. The first-order chi connectivity index (χ1) is 10.1. The van der Waals surface area contributed by atoms with Crippen molar-refractivity contribution in [3.05, 3.63) is 53.6 Å². The monoisotopic (exact) mass is 284 g/mol. The lowest BCUT2D eigenvalue weighted by atomic mass is 10.1. The highest BCUT2D eigenvalue weighted by atomic mass is 16.6. The minimum absolute atomic E-state index is 0.153. The Hall–Kier alpha value is -2.49. The van der Waals surface area contributed by atoms with Gasteiger partial charge in [0, 0.05) is 0 Å². The number of para-hydroxylation sites is 2. The molecule has 4 heteroatoms. The van der Waals surface area contributed by atoms with E-state index >= 15 is 0 Å². The Labute approximate surface area is 123 Å². The van der Waals surface area contributed by atoms with Crippen LogP contribution in [0.4, 0.5) is 0 Å². The van der Waals surface area contributed by atoms with Crippen LogP contribution < -0.4 is 14.2 Å². The highest BCUT2D eigenvalue weighted by molar-refractivity contribution is 5.78. The van der Waals surface area contributed by atoms with Gasteiger partial charge in [0.05, 0.1) is 0 Å². The molecule has 1 aliphatic heterocycles. The zero-order chi connectivity index (χ0) is 14.8. The van der Waals surface area contributed by atoms with Crippen LogP contribution in [0.15, 0.2) is 42.5 Å². The Balaban J connectivity index is 1.72. The van der Waals surface area contributed by atoms with Crippen LogP contribution in [0.25, 0.3) is 0 Å². The van der Waals surface area contributed by atoms with Crippen LogP contribution in [0.3, 0.4) is 0 Å². The standard InChI is InChI=1S/C17H16O4/c1-11-7-12(2)9-13(8-11)20-17(18)16-10-19-14-5-3-4-6-15(14)21-16/h3-9,16H,10H2,1-2H3/t16-/m1/s1. The second kappa shape index (κ2) is 5.48. The maximum Gasteiger partial charge on any atom is 0.356 e. The van der Waals surface area contributed by atoms with E-state index in [1.54, 1.807) is 12.1 Å². The van der Waals surface area contributed by atoms with E-state index in [1.807, 2.05) is 44.2 Å². The van der Waals surface area contributed by atoms with Gasteiger partial charge in [-0.25, -0.2) is 4.79 Å². The first kappa shape index (κ1) is 13.5. The van der Waals surface area contributed by atoms with E-state index in [4.69, 9.17) is 14.2 Å². The summed E-state index contributed by atoms with van der Waals surface area (Å²) in [5.41, 5.74) is 2.09. The molecule has 4 nitrogen and oxygen atoms in total. The van der Waals surface area contributed by atoms with Crippen molar-refractivity contribution in [1.82, 2.24) is 0 Å². The summed E-state index contributed by atoms with van der Waals surface area (Å²) in [5.74, 6) is 1.29. The van der Waals surface area contributed by atoms with Gasteiger partial charge in [0.25, 0.3) is 0 Å². The number of hydrogen-bond acceptors (Lipinski definition) is 4. The summed E-state index contributed by atoms with van der Waals surface area (Å²) in [6, 6.07) is 12.9. The Morgan fingerprint density at radius 1 is 1.10 bits per heavy atom. The average Bonchev–Trinajstić information content (AvgIpc) is 2.45. The number of rotatable bonds is 2. The normalized spacial score (nSPS) is 16.4. The predicted molar refractivity (Wildman–Crippen MR) is 77.9 cm³/mol. The quantitative estimate of drug-likeness (QED) is 0.628. The van der Waals surface area contributed by atoms with E-state index in [9.17, 15) is 4.79 Å². The zero-order valence-corrected chi connectivity index (χ0v) is 12.0. The second-order valence-corrected chi connectivity index (χ2v) is 5.11. The summed E-state index contributed by atoms with van der Waals surface area (Å²) in [6.07, 6.45) is -0.749. The van der Waals surface area contributed by atoms with Gasteiger partial charge >= 0.3 is 5.97 Å². The average molecular weight is 284 g/mol. The fraction of sp³-hybridized carbons (Fsp3) is 0.235. The molecule has 0 N–H and O–H groups in total. The molecule has 0 aliphatic carbocycles. The van der Waals surface area contributed by atoms with E-state index < -0.39 is 12.1 Å². The van der Waals surface area contributed by atoms with Crippen LogP contribution >= 0.6 is 0 Å². The summed E-state index contributed by atoms with van der Waals surface area (Å²) >= 11 is 0. The molecule has 0 spiro atoms. The summed E-state index contributed by atoms with van der Waals surface area (Å²) in [6.45, 7) is 4.07. The molecule has 3 rings (SSSR count). The van der Waals surface area contributed by atoms with E-state index in [-0.39, 0.29) is 6.61 Å². The smallest absolute Gasteiger partial charge is 0.356 e. The molecule has 0 saturated carbocycles. The van der Waals surface area contributed by atoms with Crippen molar-refractivity contribution in [3.8, 4) is 17.2 Å².